The lowest BCUT2D eigenvalue weighted by Crippen LogP contribution is -2.30. The van der Waals surface area contributed by atoms with E-state index in [1.165, 1.54) is 16.2 Å². The Bertz CT molecular complexity index is 1330. The van der Waals surface area contributed by atoms with Gasteiger partial charge in [-0.05, 0) is 49.7 Å². The molecule has 2 aromatic carbocycles. The summed E-state index contributed by atoms with van der Waals surface area (Å²) in [5.41, 5.74) is 1.62. The molecule has 166 valence electrons. The second-order valence-electron chi connectivity index (χ2n) is 7.38. The largest absolute Gasteiger partial charge is 0.467 e. The summed E-state index contributed by atoms with van der Waals surface area (Å²) in [7, 11) is -3.46. The maximum absolute atomic E-state index is 13.1. The molecule has 0 aliphatic carbocycles. The van der Waals surface area contributed by atoms with Crippen LogP contribution in [0.5, 0.6) is 0 Å². The molecule has 0 saturated heterocycles. The molecular weight excluding hydrogens is 468 g/mol. The molecule has 0 radical (unpaired) electrons. The molecule has 2 heterocycles. The Balaban J connectivity index is 1.51. The number of sulfone groups is 1. The van der Waals surface area contributed by atoms with Crippen LogP contribution < -0.4 is 4.90 Å². The molecule has 0 N–H and O–H groups in total. The van der Waals surface area contributed by atoms with Crippen molar-refractivity contribution in [2.24, 2.45) is 0 Å². The van der Waals surface area contributed by atoms with E-state index in [1.54, 1.807) is 48.7 Å². The van der Waals surface area contributed by atoms with Crippen molar-refractivity contribution >= 4 is 54.0 Å². The summed E-state index contributed by atoms with van der Waals surface area (Å²) in [6.45, 7) is 2.10. The molecule has 0 atom stereocenters. The van der Waals surface area contributed by atoms with Crippen molar-refractivity contribution in [1.82, 2.24) is 4.98 Å². The van der Waals surface area contributed by atoms with Gasteiger partial charge in [0, 0.05) is 6.42 Å². The van der Waals surface area contributed by atoms with Crippen LogP contribution in [0.15, 0.2) is 70.2 Å². The van der Waals surface area contributed by atoms with E-state index in [1.807, 2.05) is 19.1 Å². The van der Waals surface area contributed by atoms with Crippen LogP contribution in [0.3, 0.4) is 0 Å². The lowest BCUT2D eigenvalue weighted by atomic mass is 10.2. The third-order valence-corrected chi connectivity index (χ3v) is 8.13. The molecular formula is C23H21ClN2O4S2. The molecule has 0 spiro atoms. The lowest BCUT2D eigenvalue weighted by Gasteiger charge is -2.18. The highest BCUT2D eigenvalue weighted by atomic mass is 35.5. The number of furan rings is 1. The zero-order chi connectivity index (χ0) is 22.7. The molecule has 0 saturated carbocycles. The topological polar surface area (TPSA) is 80.5 Å². The number of thiazole rings is 1. The van der Waals surface area contributed by atoms with Gasteiger partial charge in [0.1, 0.15) is 11.3 Å². The number of carbonyl (C=O) groups excluding carboxylic acids is 1. The second kappa shape index (κ2) is 9.44. The molecule has 32 heavy (non-hydrogen) atoms. The van der Waals surface area contributed by atoms with E-state index in [9.17, 15) is 13.2 Å². The highest BCUT2D eigenvalue weighted by molar-refractivity contribution is 7.91. The van der Waals surface area contributed by atoms with Crippen molar-refractivity contribution in [3.8, 4) is 0 Å². The predicted molar refractivity (Wildman–Crippen MR) is 127 cm³/mol. The summed E-state index contributed by atoms with van der Waals surface area (Å²) in [6.07, 6.45) is 1.81. The van der Waals surface area contributed by atoms with Gasteiger partial charge < -0.3 is 4.42 Å². The minimum absolute atomic E-state index is 0.0649. The summed E-state index contributed by atoms with van der Waals surface area (Å²) >= 11 is 7.61. The predicted octanol–water partition coefficient (Wildman–Crippen LogP) is 5.64. The summed E-state index contributed by atoms with van der Waals surface area (Å²) < 4.78 is 31.5. The smallest absolute Gasteiger partial charge is 0.229 e. The van der Waals surface area contributed by atoms with Crippen molar-refractivity contribution in [1.29, 1.82) is 0 Å². The van der Waals surface area contributed by atoms with Gasteiger partial charge in [-0.2, -0.15) is 0 Å². The number of aromatic nitrogens is 1. The van der Waals surface area contributed by atoms with E-state index < -0.39 is 9.84 Å². The standard InChI is InChI=1S/C23H21ClN2O4S2/c1-16-9-11-18(12-10-16)32(28,29)14-4-8-21(27)26(15-17-5-3-13-30-17)23-25-22-19(24)6-2-7-20(22)31-23/h2-3,5-7,9-13H,4,8,14-15H2,1H3. The third-order valence-electron chi connectivity index (χ3n) is 4.97. The first-order chi connectivity index (χ1) is 15.3. The van der Waals surface area contributed by atoms with Crippen LogP contribution in [0.4, 0.5) is 5.13 Å². The first-order valence-electron chi connectivity index (χ1n) is 10.0. The SMILES string of the molecule is Cc1ccc(S(=O)(=O)CCCC(=O)N(Cc2ccco2)c2nc3c(Cl)cccc3s2)cc1. The number of rotatable bonds is 8. The molecule has 0 fully saturated rings. The molecule has 2 aromatic heterocycles. The number of hydrogen-bond donors (Lipinski definition) is 0. The van der Waals surface area contributed by atoms with Crippen LogP contribution in [-0.2, 0) is 21.2 Å². The van der Waals surface area contributed by atoms with E-state index in [2.05, 4.69) is 4.98 Å². The zero-order valence-electron chi connectivity index (χ0n) is 17.3. The van der Waals surface area contributed by atoms with Crippen LogP contribution >= 0.6 is 22.9 Å². The Kier molecular flexibility index (Phi) is 6.64. The van der Waals surface area contributed by atoms with Crippen LogP contribution in [0.25, 0.3) is 10.2 Å². The van der Waals surface area contributed by atoms with Crippen molar-refractivity contribution in [2.75, 3.05) is 10.7 Å². The number of carbonyl (C=O) groups is 1. The average molecular weight is 489 g/mol. The van der Waals surface area contributed by atoms with Gasteiger partial charge in [-0.25, -0.2) is 13.4 Å². The van der Waals surface area contributed by atoms with Crippen molar-refractivity contribution < 1.29 is 17.6 Å². The van der Waals surface area contributed by atoms with E-state index in [-0.39, 0.29) is 35.9 Å². The zero-order valence-corrected chi connectivity index (χ0v) is 19.7. The van der Waals surface area contributed by atoms with Gasteiger partial charge in [0.05, 0.1) is 33.2 Å². The first-order valence-corrected chi connectivity index (χ1v) is 12.9. The van der Waals surface area contributed by atoms with Crippen LogP contribution in [0.2, 0.25) is 5.02 Å². The first kappa shape index (κ1) is 22.5. The molecule has 0 unspecified atom stereocenters. The number of nitrogens with zero attached hydrogens (tertiary/aromatic N) is 2. The van der Waals surface area contributed by atoms with Crippen LogP contribution in [0, 0.1) is 6.92 Å². The number of fused-ring (bicyclic) bond motifs is 1. The fraction of sp³-hybridized carbons (Fsp3) is 0.217. The van der Waals surface area contributed by atoms with Gasteiger partial charge in [-0.3, -0.25) is 9.69 Å². The number of hydrogen-bond acceptors (Lipinski definition) is 6. The van der Waals surface area contributed by atoms with Crippen molar-refractivity contribution in [2.45, 2.75) is 31.2 Å². The van der Waals surface area contributed by atoms with Gasteiger partial charge in [-0.1, -0.05) is 46.7 Å². The Labute approximate surface area is 195 Å². The number of aryl methyl sites for hydroxylation is 1. The minimum Gasteiger partial charge on any atom is -0.467 e. The number of para-hydroxylation sites is 1. The summed E-state index contributed by atoms with van der Waals surface area (Å²) in [5.74, 6) is 0.272. The molecule has 9 heteroatoms. The Morgan fingerprint density at radius 1 is 1.12 bits per heavy atom. The van der Waals surface area contributed by atoms with Gasteiger partial charge in [0.2, 0.25) is 5.91 Å². The fourth-order valence-corrected chi connectivity index (χ4v) is 5.84. The van der Waals surface area contributed by atoms with E-state index in [0.29, 0.717) is 21.4 Å². The Morgan fingerprint density at radius 3 is 2.59 bits per heavy atom. The fourth-order valence-electron chi connectivity index (χ4n) is 3.25. The van der Waals surface area contributed by atoms with Crippen LogP contribution in [-0.4, -0.2) is 25.1 Å². The Morgan fingerprint density at radius 2 is 1.91 bits per heavy atom. The van der Waals surface area contributed by atoms with Gasteiger partial charge >= 0.3 is 0 Å². The number of amides is 1. The second-order valence-corrected chi connectivity index (χ2v) is 10.9. The summed E-state index contributed by atoms with van der Waals surface area (Å²) in [6, 6.07) is 15.7. The summed E-state index contributed by atoms with van der Waals surface area (Å²) in [4.78, 5) is 19.5. The van der Waals surface area contributed by atoms with Crippen LogP contribution in [0.1, 0.15) is 24.2 Å². The molecule has 0 bridgehead atoms. The molecule has 4 rings (SSSR count). The molecule has 1 amide bonds. The van der Waals surface area contributed by atoms with Crippen molar-refractivity contribution in [3.05, 3.63) is 77.2 Å². The third kappa shape index (κ3) is 5.03. The number of anilines is 1. The monoisotopic (exact) mass is 488 g/mol. The summed E-state index contributed by atoms with van der Waals surface area (Å²) in [5, 5.41) is 1.01. The Hall–Kier alpha value is -2.68. The van der Waals surface area contributed by atoms with Crippen molar-refractivity contribution in [3.63, 3.8) is 0 Å². The van der Waals surface area contributed by atoms with Gasteiger partial charge in [0.25, 0.3) is 0 Å². The molecule has 4 aromatic rings. The minimum atomic E-state index is -3.46. The highest BCUT2D eigenvalue weighted by Crippen LogP contribution is 2.34. The normalized spacial score (nSPS) is 11.7. The number of benzene rings is 2. The average Bonchev–Trinajstić information content (AvgIpc) is 3.42. The van der Waals surface area contributed by atoms with E-state index in [4.69, 9.17) is 16.0 Å². The maximum atomic E-state index is 13.1. The molecule has 0 aliphatic rings. The maximum Gasteiger partial charge on any atom is 0.229 e. The molecule has 0 aliphatic heterocycles. The van der Waals surface area contributed by atoms with Gasteiger partial charge in [-0.15, -0.1) is 0 Å². The number of halogens is 1. The van der Waals surface area contributed by atoms with Gasteiger partial charge in [0.15, 0.2) is 15.0 Å². The molecule has 6 nitrogen and oxygen atoms in total. The van der Waals surface area contributed by atoms with E-state index in [0.717, 1.165) is 10.3 Å². The highest BCUT2D eigenvalue weighted by Gasteiger charge is 2.23. The van der Waals surface area contributed by atoms with E-state index >= 15 is 0 Å². The quantitative estimate of drug-likeness (QED) is 0.320. The lowest BCUT2D eigenvalue weighted by molar-refractivity contribution is -0.118.